The van der Waals surface area contributed by atoms with Gasteiger partial charge in [-0.05, 0) is 0 Å². The van der Waals surface area contributed by atoms with Gasteiger partial charge < -0.3 is 9.11 Å². The molecule has 0 amide bonds. The Bertz CT molecular complexity index is 374. The summed E-state index contributed by atoms with van der Waals surface area (Å²) < 4.78 is 118. The number of alkyl halides is 6. The first-order valence-corrected chi connectivity index (χ1v) is 5.36. The van der Waals surface area contributed by atoms with E-state index in [4.69, 9.17) is 25.9 Å². The Labute approximate surface area is 123 Å². The second kappa shape index (κ2) is 6.77. The third-order valence-electron chi connectivity index (χ3n) is 0.567. The van der Waals surface area contributed by atoms with Gasteiger partial charge in [0.2, 0.25) is 0 Å². The van der Waals surface area contributed by atoms with Gasteiger partial charge in [-0.3, -0.25) is 0 Å². The molecule has 0 unspecified atom stereocenters. The summed E-state index contributed by atoms with van der Waals surface area (Å²) in [5, 5.41) is 0. The van der Waals surface area contributed by atoms with E-state index in [1.54, 1.807) is 0 Å². The summed E-state index contributed by atoms with van der Waals surface area (Å²) in [4.78, 5) is 0. The van der Waals surface area contributed by atoms with Crippen molar-refractivity contribution in [1.29, 1.82) is 0 Å². The summed E-state index contributed by atoms with van der Waals surface area (Å²) in [6.45, 7) is 0. The fraction of sp³-hybridized carbons (Fsp3) is 1.00. The molecular formula is C2F6O6S2Sm. The zero-order chi connectivity index (χ0) is 14.0. The van der Waals surface area contributed by atoms with E-state index >= 15 is 0 Å². The van der Waals surface area contributed by atoms with Crippen LogP contribution >= 0.6 is 0 Å². The summed E-state index contributed by atoms with van der Waals surface area (Å²) in [6, 6.07) is 0. The average molecular weight is 448 g/mol. The predicted molar refractivity (Wildman–Crippen MR) is 31.5 cm³/mol. The van der Waals surface area contributed by atoms with E-state index in [1.165, 1.54) is 0 Å². The van der Waals surface area contributed by atoms with E-state index in [-0.39, 0.29) is 40.4 Å². The zero-order valence-electron chi connectivity index (χ0n) is 6.94. The van der Waals surface area contributed by atoms with Crippen LogP contribution in [0, 0.1) is 40.4 Å². The second-order valence-corrected chi connectivity index (χ2v) is 4.54. The van der Waals surface area contributed by atoms with Crippen LogP contribution in [0.5, 0.6) is 0 Å². The van der Waals surface area contributed by atoms with Crippen molar-refractivity contribution in [2.45, 2.75) is 11.0 Å². The van der Waals surface area contributed by atoms with Gasteiger partial charge in [0.25, 0.3) is 0 Å². The Hall–Kier alpha value is 0.738. The quantitative estimate of drug-likeness (QED) is 0.295. The molecule has 0 saturated carbocycles. The molecule has 17 heavy (non-hydrogen) atoms. The van der Waals surface area contributed by atoms with Gasteiger partial charge in [-0.15, -0.1) is 0 Å². The maximum atomic E-state index is 10.7. The van der Waals surface area contributed by atoms with Gasteiger partial charge in [-0.1, -0.05) is 0 Å². The van der Waals surface area contributed by atoms with Crippen LogP contribution in [-0.4, -0.2) is 37.0 Å². The molecule has 0 aromatic rings. The first kappa shape index (κ1) is 22.9. The molecule has 0 heterocycles. The first-order chi connectivity index (χ1) is 6.50. The van der Waals surface area contributed by atoms with Crippen LogP contribution in [0.4, 0.5) is 26.3 Å². The Kier molecular flexibility index (Phi) is 9.12. The van der Waals surface area contributed by atoms with Crippen LogP contribution in [0.25, 0.3) is 0 Å². The molecule has 0 aromatic carbocycles. The second-order valence-electron chi connectivity index (χ2n) is 1.80. The standard InChI is InChI=1S/2CHF3O3S.Sm/c2*2-1(3,4)8(5,6)7;/h2*(H,5,6,7);/q;;+2/p-2. The monoisotopic (exact) mass is 450 g/mol. The van der Waals surface area contributed by atoms with E-state index in [9.17, 15) is 26.3 Å². The molecule has 0 aliphatic carbocycles. The van der Waals surface area contributed by atoms with Crippen molar-refractivity contribution in [3.05, 3.63) is 0 Å². The average Bonchev–Trinajstić information content (AvgIpc) is 1.77. The SMILES string of the molecule is O=S(=O)([O-])C(F)(F)F.O=S(=O)([O-])C(F)(F)F.[Sm+2]. The van der Waals surface area contributed by atoms with Crippen molar-refractivity contribution in [2.75, 3.05) is 0 Å². The minimum absolute atomic E-state index is 0. The Balaban J connectivity index is -0.000000218. The Morgan fingerprint density at radius 3 is 0.706 bits per heavy atom. The number of halogens is 6. The molecule has 0 aliphatic heterocycles. The molecule has 0 atom stereocenters. The van der Waals surface area contributed by atoms with Gasteiger partial charge >= 0.3 is 51.4 Å². The number of rotatable bonds is 0. The summed E-state index contributed by atoms with van der Waals surface area (Å²) in [7, 11) is -12.2. The summed E-state index contributed by atoms with van der Waals surface area (Å²) >= 11 is 0. The third kappa shape index (κ3) is 10.4. The first-order valence-electron chi connectivity index (χ1n) is 2.54. The molecule has 0 bridgehead atoms. The summed E-state index contributed by atoms with van der Waals surface area (Å²) in [5.41, 5.74) is -11.3. The molecule has 0 fully saturated rings. The van der Waals surface area contributed by atoms with Gasteiger partial charge in [0, 0.05) is 0 Å². The fourth-order valence-corrected chi connectivity index (χ4v) is 0. The molecule has 0 aliphatic rings. The largest absolute Gasteiger partial charge is 2.00 e. The predicted octanol–water partition coefficient (Wildman–Crippen LogP) is 0.103. The van der Waals surface area contributed by atoms with Crippen LogP contribution in [0.15, 0.2) is 0 Å². The molecule has 0 N–H and O–H groups in total. The van der Waals surface area contributed by atoms with Crippen molar-refractivity contribution in [2.24, 2.45) is 0 Å². The normalized spacial score (nSPS) is 13.2. The molecule has 0 saturated heterocycles. The van der Waals surface area contributed by atoms with Crippen LogP contribution < -0.4 is 0 Å². The van der Waals surface area contributed by atoms with Crippen molar-refractivity contribution < 1.29 is 92.7 Å². The molecule has 0 rings (SSSR count). The molecule has 0 aromatic heterocycles. The zero-order valence-corrected chi connectivity index (χ0v) is 11.2. The van der Waals surface area contributed by atoms with E-state index < -0.39 is 31.3 Å². The van der Waals surface area contributed by atoms with Crippen LogP contribution in [-0.2, 0) is 20.2 Å². The molecular weight excluding hydrogens is 448 g/mol. The van der Waals surface area contributed by atoms with Crippen LogP contribution in [0.2, 0.25) is 0 Å². The van der Waals surface area contributed by atoms with Crippen molar-refractivity contribution in [3.63, 3.8) is 0 Å². The molecule has 15 heteroatoms. The van der Waals surface area contributed by atoms with Crippen LogP contribution in [0.1, 0.15) is 0 Å². The minimum atomic E-state index is -6.09. The van der Waals surface area contributed by atoms with Gasteiger partial charge in [0.1, 0.15) is 0 Å². The number of hydrogen-bond donors (Lipinski definition) is 0. The van der Waals surface area contributed by atoms with Gasteiger partial charge in [0.05, 0.1) is 0 Å². The van der Waals surface area contributed by atoms with Gasteiger partial charge in [-0.2, -0.15) is 26.3 Å². The Morgan fingerprint density at radius 1 is 0.647 bits per heavy atom. The van der Waals surface area contributed by atoms with Gasteiger partial charge in [-0.25, -0.2) is 16.8 Å². The van der Waals surface area contributed by atoms with Crippen molar-refractivity contribution in [1.82, 2.24) is 0 Å². The molecule has 0 radical (unpaired) electrons. The number of hydrogen-bond acceptors (Lipinski definition) is 6. The van der Waals surface area contributed by atoms with E-state index in [0.29, 0.717) is 0 Å². The van der Waals surface area contributed by atoms with E-state index in [2.05, 4.69) is 0 Å². The fourth-order valence-electron chi connectivity index (χ4n) is 0. The topological polar surface area (TPSA) is 114 Å². The molecule has 104 valence electrons. The van der Waals surface area contributed by atoms with Gasteiger partial charge in [0.15, 0.2) is 20.2 Å². The summed E-state index contributed by atoms with van der Waals surface area (Å²) in [5.74, 6) is 0. The van der Waals surface area contributed by atoms with Crippen molar-refractivity contribution >= 4 is 20.2 Å². The smallest absolute Gasteiger partial charge is 0.741 e. The van der Waals surface area contributed by atoms with Crippen molar-refractivity contribution in [3.8, 4) is 0 Å². The maximum absolute atomic E-state index is 10.7. The van der Waals surface area contributed by atoms with E-state index in [0.717, 1.165) is 0 Å². The van der Waals surface area contributed by atoms with E-state index in [1.807, 2.05) is 0 Å². The third-order valence-corrected chi connectivity index (χ3v) is 1.70. The summed E-state index contributed by atoms with van der Waals surface area (Å²) in [6.07, 6.45) is 0. The molecule has 6 nitrogen and oxygen atoms in total. The minimum Gasteiger partial charge on any atom is -0.741 e. The van der Waals surface area contributed by atoms with Crippen LogP contribution in [0.3, 0.4) is 0 Å². The molecule has 0 spiro atoms. The Morgan fingerprint density at radius 2 is 0.706 bits per heavy atom. The maximum Gasteiger partial charge on any atom is 2.00 e.